The molecule has 32 heavy (non-hydrogen) atoms. The summed E-state index contributed by atoms with van der Waals surface area (Å²) >= 11 is 6.34. The summed E-state index contributed by atoms with van der Waals surface area (Å²) < 4.78 is 11.1. The lowest BCUT2D eigenvalue weighted by Crippen LogP contribution is -2.00. The van der Waals surface area contributed by atoms with E-state index in [1.807, 2.05) is 0 Å². The molecule has 2 aromatic carbocycles. The molecule has 164 valence electrons. The maximum atomic E-state index is 10.7. The van der Waals surface area contributed by atoms with Gasteiger partial charge in [-0.25, -0.2) is 4.98 Å². The minimum Gasteiger partial charge on any atom is -0.493 e. The second-order valence-electron chi connectivity index (χ2n) is 6.28. The van der Waals surface area contributed by atoms with Gasteiger partial charge in [0.2, 0.25) is 0 Å². The molecule has 0 unspecified atom stereocenters. The molecule has 1 heterocycles. The molecule has 0 fully saturated rings. The quantitative estimate of drug-likeness (QED) is 0.279. The molecule has 3 aromatic rings. The fraction of sp³-hybridized carbons (Fsp3) is 0.100. The summed E-state index contributed by atoms with van der Waals surface area (Å²) in [5, 5.41) is 25.7. The van der Waals surface area contributed by atoms with Crippen LogP contribution in [0.3, 0.4) is 0 Å². The van der Waals surface area contributed by atoms with Gasteiger partial charge in [0, 0.05) is 18.2 Å². The smallest absolute Gasteiger partial charge is 0.287 e. The van der Waals surface area contributed by atoms with Crippen LogP contribution in [0.15, 0.2) is 59.8 Å². The molecule has 0 aliphatic heterocycles. The van der Waals surface area contributed by atoms with Gasteiger partial charge in [-0.3, -0.25) is 25.7 Å². The van der Waals surface area contributed by atoms with E-state index in [0.29, 0.717) is 22.9 Å². The Morgan fingerprint density at radius 3 is 2.38 bits per heavy atom. The van der Waals surface area contributed by atoms with Crippen molar-refractivity contribution in [3.05, 3.63) is 91.1 Å². The molecule has 12 heteroatoms. The Bertz CT molecular complexity index is 1150. The minimum absolute atomic E-state index is 0.00876. The third kappa shape index (κ3) is 5.67. The number of rotatable bonds is 9. The van der Waals surface area contributed by atoms with E-state index in [9.17, 15) is 20.2 Å². The number of pyridine rings is 1. The van der Waals surface area contributed by atoms with Crippen LogP contribution in [0.1, 0.15) is 11.1 Å². The Morgan fingerprint density at radius 2 is 1.78 bits per heavy atom. The zero-order valence-corrected chi connectivity index (χ0v) is 17.4. The summed E-state index contributed by atoms with van der Waals surface area (Å²) in [5.74, 6) is 1.01. The Labute approximate surface area is 186 Å². The Balaban J connectivity index is 1.67. The number of benzene rings is 2. The van der Waals surface area contributed by atoms with Gasteiger partial charge < -0.3 is 9.47 Å². The van der Waals surface area contributed by atoms with Crippen molar-refractivity contribution in [1.82, 2.24) is 4.98 Å². The topological polar surface area (TPSA) is 142 Å². The van der Waals surface area contributed by atoms with Crippen LogP contribution >= 0.6 is 11.6 Å². The van der Waals surface area contributed by atoms with E-state index < -0.39 is 9.85 Å². The van der Waals surface area contributed by atoms with Crippen LogP contribution < -0.4 is 14.9 Å². The number of nitrogens with one attached hydrogen (secondary N) is 1. The van der Waals surface area contributed by atoms with Crippen molar-refractivity contribution >= 4 is 35.0 Å². The van der Waals surface area contributed by atoms with Crippen molar-refractivity contribution in [1.29, 1.82) is 0 Å². The largest absolute Gasteiger partial charge is 0.493 e. The highest BCUT2D eigenvalue weighted by Crippen LogP contribution is 2.36. The van der Waals surface area contributed by atoms with Crippen LogP contribution in [-0.2, 0) is 6.61 Å². The van der Waals surface area contributed by atoms with Crippen LogP contribution in [-0.4, -0.2) is 28.2 Å². The zero-order valence-electron chi connectivity index (χ0n) is 16.6. The number of methoxy groups -OCH3 is 1. The molecule has 0 amide bonds. The summed E-state index contributed by atoms with van der Waals surface area (Å²) in [6.45, 7) is 0.134. The average Bonchev–Trinajstić information content (AvgIpc) is 2.78. The number of anilines is 1. The predicted molar refractivity (Wildman–Crippen MR) is 118 cm³/mol. The number of hydrogen-bond acceptors (Lipinski definition) is 9. The summed E-state index contributed by atoms with van der Waals surface area (Å²) in [6.07, 6.45) is 2.59. The van der Waals surface area contributed by atoms with Crippen LogP contribution in [0.2, 0.25) is 5.02 Å². The molecule has 0 saturated heterocycles. The molecule has 0 bridgehead atoms. The summed E-state index contributed by atoms with van der Waals surface area (Å²) in [4.78, 5) is 24.3. The highest BCUT2D eigenvalue weighted by Gasteiger charge is 2.13. The SMILES string of the molecule is COc1cc(/C=N/Nc2ccc([N+](=O)[O-])cn2)cc(Cl)c1OCc1ccc([N+](=O)[O-])cc1. The molecule has 0 saturated carbocycles. The summed E-state index contributed by atoms with van der Waals surface area (Å²) in [5.41, 5.74) is 3.85. The third-order valence-corrected chi connectivity index (χ3v) is 4.41. The fourth-order valence-electron chi connectivity index (χ4n) is 2.56. The molecule has 0 spiro atoms. The van der Waals surface area contributed by atoms with Crippen molar-refractivity contribution in [3.8, 4) is 11.5 Å². The number of aromatic nitrogens is 1. The monoisotopic (exact) mass is 457 g/mol. The fourth-order valence-corrected chi connectivity index (χ4v) is 2.83. The van der Waals surface area contributed by atoms with E-state index >= 15 is 0 Å². The number of hydrogen-bond donors (Lipinski definition) is 1. The van der Waals surface area contributed by atoms with Crippen LogP contribution in [0, 0.1) is 20.2 Å². The minimum atomic E-state index is -0.542. The van der Waals surface area contributed by atoms with Gasteiger partial charge in [-0.15, -0.1) is 0 Å². The molecule has 11 nitrogen and oxygen atoms in total. The first kappa shape index (κ1) is 22.4. The molecule has 1 aromatic heterocycles. The van der Waals surface area contributed by atoms with Crippen molar-refractivity contribution in [2.75, 3.05) is 12.5 Å². The number of non-ortho nitro benzene ring substituents is 1. The predicted octanol–water partition coefficient (Wildman–Crippen LogP) is 4.59. The van der Waals surface area contributed by atoms with Crippen molar-refractivity contribution in [2.24, 2.45) is 5.10 Å². The molecule has 1 N–H and O–H groups in total. The van der Waals surface area contributed by atoms with Crippen molar-refractivity contribution in [2.45, 2.75) is 6.61 Å². The normalized spacial score (nSPS) is 10.7. The van der Waals surface area contributed by atoms with Gasteiger partial charge >= 0.3 is 0 Å². The second-order valence-corrected chi connectivity index (χ2v) is 6.68. The average molecular weight is 458 g/mol. The molecule has 0 radical (unpaired) electrons. The van der Waals surface area contributed by atoms with E-state index in [2.05, 4.69) is 15.5 Å². The molecular formula is C20H16ClN5O6. The number of hydrazone groups is 1. The summed E-state index contributed by atoms with van der Waals surface area (Å²) in [6, 6.07) is 12.0. The highest BCUT2D eigenvalue weighted by molar-refractivity contribution is 6.32. The maximum absolute atomic E-state index is 10.7. The standard InChI is InChI=1S/C20H16ClN5O6/c1-31-18-9-14(10-23-24-19-7-6-16(11-22-19)26(29)30)8-17(21)20(18)32-12-13-2-4-15(5-3-13)25(27)28/h2-11H,12H2,1H3,(H,22,24)/b23-10+. The van der Waals surface area contributed by atoms with Gasteiger partial charge in [0.05, 0.1) is 28.2 Å². The third-order valence-electron chi connectivity index (χ3n) is 4.13. The number of nitro groups is 2. The van der Waals surface area contributed by atoms with E-state index in [1.54, 1.807) is 24.3 Å². The van der Waals surface area contributed by atoms with Gasteiger partial charge in [0.25, 0.3) is 11.4 Å². The van der Waals surface area contributed by atoms with Gasteiger partial charge in [-0.2, -0.15) is 5.10 Å². The number of halogens is 1. The lowest BCUT2D eigenvalue weighted by molar-refractivity contribution is -0.385. The number of nitrogens with zero attached hydrogens (tertiary/aromatic N) is 4. The van der Waals surface area contributed by atoms with E-state index in [1.165, 1.54) is 37.6 Å². The van der Waals surface area contributed by atoms with E-state index in [0.717, 1.165) is 11.8 Å². The zero-order chi connectivity index (χ0) is 23.1. The van der Waals surface area contributed by atoms with Gasteiger partial charge in [0.15, 0.2) is 11.5 Å². The first-order chi connectivity index (χ1) is 15.4. The second kappa shape index (κ2) is 10.2. The van der Waals surface area contributed by atoms with Gasteiger partial charge in [0.1, 0.15) is 18.6 Å². The Morgan fingerprint density at radius 1 is 1.09 bits per heavy atom. The lowest BCUT2D eigenvalue weighted by Gasteiger charge is -2.13. The molecule has 0 aliphatic carbocycles. The van der Waals surface area contributed by atoms with Crippen LogP contribution in [0.5, 0.6) is 11.5 Å². The van der Waals surface area contributed by atoms with Crippen molar-refractivity contribution < 1.29 is 19.3 Å². The highest BCUT2D eigenvalue weighted by atomic mass is 35.5. The molecular weight excluding hydrogens is 442 g/mol. The first-order valence-electron chi connectivity index (χ1n) is 9.00. The molecule has 0 atom stereocenters. The first-order valence-corrected chi connectivity index (χ1v) is 9.38. The lowest BCUT2D eigenvalue weighted by atomic mass is 10.2. The van der Waals surface area contributed by atoms with Crippen molar-refractivity contribution in [3.63, 3.8) is 0 Å². The van der Waals surface area contributed by atoms with E-state index in [4.69, 9.17) is 21.1 Å². The maximum Gasteiger partial charge on any atom is 0.287 e. The summed E-state index contributed by atoms with van der Waals surface area (Å²) in [7, 11) is 1.46. The van der Waals surface area contributed by atoms with Gasteiger partial charge in [-0.1, -0.05) is 11.6 Å². The number of nitro benzene ring substituents is 1. The van der Waals surface area contributed by atoms with E-state index in [-0.39, 0.29) is 23.0 Å². The van der Waals surface area contributed by atoms with Crippen LogP contribution in [0.4, 0.5) is 17.2 Å². The molecule has 3 rings (SSSR count). The van der Waals surface area contributed by atoms with Gasteiger partial charge in [-0.05, 0) is 41.5 Å². The number of ether oxygens (including phenoxy) is 2. The molecule has 0 aliphatic rings. The Kier molecular flexibility index (Phi) is 7.13. The van der Waals surface area contributed by atoms with Crippen LogP contribution in [0.25, 0.3) is 0 Å². The Hall–Kier alpha value is -4.25.